The van der Waals surface area contributed by atoms with E-state index in [1.54, 1.807) is 0 Å². The Kier molecular flexibility index (Phi) is 5.40. The van der Waals surface area contributed by atoms with Crippen LogP contribution >= 0.6 is 0 Å². The van der Waals surface area contributed by atoms with E-state index >= 15 is 0 Å². The van der Waals surface area contributed by atoms with Crippen molar-refractivity contribution in [1.82, 2.24) is 14.9 Å². The molecule has 2 fully saturated rings. The van der Waals surface area contributed by atoms with Crippen LogP contribution in [0.2, 0.25) is 0 Å². The molecule has 2 aliphatic rings. The van der Waals surface area contributed by atoms with Crippen molar-refractivity contribution < 1.29 is 13.2 Å². The van der Waals surface area contributed by atoms with E-state index in [1.807, 2.05) is 4.90 Å². The van der Waals surface area contributed by atoms with Crippen LogP contribution in [0, 0.1) is 5.92 Å². The summed E-state index contributed by atoms with van der Waals surface area (Å²) in [5.74, 6) is 0.250. The molecule has 0 aromatic heterocycles. The van der Waals surface area contributed by atoms with E-state index < -0.39 is 10.0 Å². The Bertz CT molecular complexity index is 432. The summed E-state index contributed by atoms with van der Waals surface area (Å²) in [5.41, 5.74) is 0. The molecule has 2 N–H and O–H groups in total. The Morgan fingerprint density at radius 3 is 2.75 bits per heavy atom. The molecule has 0 bridgehead atoms. The summed E-state index contributed by atoms with van der Waals surface area (Å²) < 4.78 is 25.0. The van der Waals surface area contributed by atoms with Gasteiger partial charge >= 0.3 is 0 Å². The van der Waals surface area contributed by atoms with Gasteiger partial charge in [-0.3, -0.25) is 4.79 Å². The zero-order valence-electron chi connectivity index (χ0n) is 12.1. The third-order valence-electron chi connectivity index (χ3n) is 4.14. The van der Waals surface area contributed by atoms with Crippen LogP contribution in [0.5, 0.6) is 0 Å². The number of sulfonamides is 1. The molecular formula is C13H25N3O3S. The Morgan fingerprint density at radius 1 is 1.30 bits per heavy atom. The zero-order valence-corrected chi connectivity index (χ0v) is 12.9. The molecule has 7 heteroatoms. The van der Waals surface area contributed by atoms with Crippen molar-refractivity contribution in [1.29, 1.82) is 0 Å². The minimum atomic E-state index is -3.20. The predicted molar refractivity (Wildman–Crippen MR) is 77.8 cm³/mol. The number of carbonyl (C=O) groups excluding carboxylic acids is 1. The van der Waals surface area contributed by atoms with E-state index in [1.165, 1.54) is 0 Å². The lowest BCUT2D eigenvalue weighted by Gasteiger charge is -2.38. The number of hydrogen-bond acceptors (Lipinski definition) is 4. The minimum Gasteiger partial charge on any atom is -0.338 e. The lowest BCUT2D eigenvalue weighted by Crippen LogP contribution is -2.53. The second-order valence-electron chi connectivity index (χ2n) is 5.85. The van der Waals surface area contributed by atoms with Crippen molar-refractivity contribution in [3.63, 3.8) is 0 Å². The quantitative estimate of drug-likeness (QED) is 0.761. The lowest BCUT2D eigenvalue weighted by molar-refractivity contribution is -0.139. The van der Waals surface area contributed by atoms with E-state index in [2.05, 4.69) is 10.0 Å². The number of amides is 1. The molecule has 0 aromatic carbocycles. The molecule has 20 heavy (non-hydrogen) atoms. The summed E-state index contributed by atoms with van der Waals surface area (Å²) >= 11 is 0. The van der Waals surface area contributed by atoms with Gasteiger partial charge < -0.3 is 10.2 Å². The number of likely N-dealkylation sites (tertiary alicyclic amines) is 1. The van der Waals surface area contributed by atoms with Gasteiger partial charge in [0.15, 0.2) is 0 Å². The van der Waals surface area contributed by atoms with Crippen LogP contribution in [0.1, 0.15) is 32.1 Å². The Labute approximate surface area is 121 Å². The van der Waals surface area contributed by atoms with Gasteiger partial charge in [-0.1, -0.05) is 0 Å². The second kappa shape index (κ2) is 6.87. The van der Waals surface area contributed by atoms with Gasteiger partial charge in [-0.15, -0.1) is 0 Å². The fourth-order valence-corrected chi connectivity index (χ4v) is 3.54. The third kappa shape index (κ3) is 4.43. The van der Waals surface area contributed by atoms with Crippen molar-refractivity contribution in [2.24, 2.45) is 5.92 Å². The predicted octanol–water partition coefficient (Wildman–Crippen LogP) is -0.0837. The number of nitrogens with zero attached hydrogens (tertiary/aromatic N) is 1. The number of hydrogen-bond donors (Lipinski definition) is 2. The fraction of sp³-hybridized carbons (Fsp3) is 0.923. The highest BCUT2D eigenvalue weighted by Gasteiger charge is 2.32. The van der Waals surface area contributed by atoms with Gasteiger partial charge in [0.25, 0.3) is 0 Å². The summed E-state index contributed by atoms with van der Waals surface area (Å²) in [6.07, 6.45) is 6.09. The summed E-state index contributed by atoms with van der Waals surface area (Å²) in [6.45, 7) is 2.83. The fourth-order valence-electron chi connectivity index (χ4n) is 3.05. The Morgan fingerprint density at radius 2 is 2.10 bits per heavy atom. The highest BCUT2D eigenvalue weighted by Crippen LogP contribution is 2.21. The number of carbonyl (C=O) groups is 1. The Hall–Kier alpha value is -0.660. The molecule has 0 spiro atoms. The van der Waals surface area contributed by atoms with Crippen molar-refractivity contribution in [3.05, 3.63) is 0 Å². The van der Waals surface area contributed by atoms with Crippen molar-refractivity contribution in [2.45, 2.75) is 38.1 Å². The summed E-state index contributed by atoms with van der Waals surface area (Å²) in [5, 5.41) is 3.27. The van der Waals surface area contributed by atoms with Gasteiger partial charge in [0.2, 0.25) is 15.9 Å². The van der Waals surface area contributed by atoms with Crippen LogP contribution in [0.15, 0.2) is 0 Å². The summed E-state index contributed by atoms with van der Waals surface area (Å²) in [6, 6.07) is 0.00732. The maximum absolute atomic E-state index is 12.6. The molecule has 0 aliphatic carbocycles. The smallest absolute Gasteiger partial charge is 0.227 e. The van der Waals surface area contributed by atoms with Crippen LogP contribution in [0.4, 0.5) is 0 Å². The SMILES string of the molecule is CS(=O)(=O)NCC1CCCCN1C(=O)[C@@H]1CCCNC1. The molecule has 0 radical (unpaired) electrons. The second-order valence-corrected chi connectivity index (χ2v) is 7.68. The first-order valence-corrected chi connectivity index (χ1v) is 9.32. The first-order chi connectivity index (χ1) is 9.47. The van der Waals surface area contributed by atoms with Crippen LogP contribution in [-0.4, -0.2) is 57.7 Å². The normalized spacial score (nSPS) is 28.4. The average Bonchev–Trinajstić information content (AvgIpc) is 2.45. The third-order valence-corrected chi connectivity index (χ3v) is 4.83. The molecule has 2 heterocycles. The highest BCUT2D eigenvalue weighted by molar-refractivity contribution is 7.88. The maximum Gasteiger partial charge on any atom is 0.227 e. The first kappa shape index (κ1) is 15.7. The maximum atomic E-state index is 12.6. The number of piperidine rings is 2. The minimum absolute atomic E-state index is 0.00732. The molecule has 2 atom stereocenters. The van der Waals surface area contributed by atoms with E-state index in [-0.39, 0.29) is 17.9 Å². The van der Waals surface area contributed by atoms with Gasteiger partial charge in [-0.2, -0.15) is 0 Å². The molecular weight excluding hydrogens is 278 g/mol. The lowest BCUT2D eigenvalue weighted by atomic mass is 9.94. The molecule has 2 rings (SSSR count). The highest BCUT2D eigenvalue weighted by atomic mass is 32.2. The molecule has 6 nitrogen and oxygen atoms in total. The molecule has 2 aliphatic heterocycles. The Balaban J connectivity index is 1.96. The van der Waals surface area contributed by atoms with Gasteiger partial charge in [0, 0.05) is 25.7 Å². The zero-order chi connectivity index (χ0) is 14.6. The molecule has 1 amide bonds. The van der Waals surface area contributed by atoms with Gasteiger partial charge in [-0.25, -0.2) is 13.1 Å². The van der Waals surface area contributed by atoms with E-state index in [0.29, 0.717) is 6.54 Å². The molecule has 0 aromatic rings. The monoisotopic (exact) mass is 303 g/mol. The number of rotatable bonds is 4. The molecule has 2 saturated heterocycles. The van der Waals surface area contributed by atoms with Crippen molar-refractivity contribution >= 4 is 15.9 Å². The standard InChI is InChI=1S/C13H25N3O3S/c1-20(18,19)15-10-12-6-2-3-8-16(12)13(17)11-5-4-7-14-9-11/h11-12,14-15H,2-10H2,1H3/t11-,12?/m1/s1. The van der Waals surface area contributed by atoms with E-state index in [9.17, 15) is 13.2 Å². The first-order valence-electron chi connectivity index (χ1n) is 7.43. The largest absolute Gasteiger partial charge is 0.338 e. The van der Waals surface area contributed by atoms with Crippen LogP contribution in [0.25, 0.3) is 0 Å². The van der Waals surface area contributed by atoms with E-state index in [4.69, 9.17) is 0 Å². The summed E-state index contributed by atoms with van der Waals surface area (Å²) in [7, 11) is -3.20. The van der Waals surface area contributed by atoms with Gasteiger partial charge in [0.05, 0.1) is 12.2 Å². The topological polar surface area (TPSA) is 78.5 Å². The van der Waals surface area contributed by atoms with Crippen molar-refractivity contribution in [2.75, 3.05) is 32.4 Å². The van der Waals surface area contributed by atoms with Crippen LogP contribution in [0.3, 0.4) is 0 Å². The van der Waals surface area contributed by atoms with Crippen LogP contribution in [-0.2, 0) is 14.8 Å². The molecule has 116 valence electrons. The van der Waals surface area contributed by atoms with Crippen molar-refractivity contribution in [3.8, 4) is 0 Å². The van der Waals surface area contributed by atoms with Crippen LogP contribution < -0.4 is 10.0 Å². The molecule has 1 unspecified atom stereocenters. The average molecular weight is 303 g/mol. The van der Waals surface area contributed by atoms with Gasteiger partial charge in [-0.05, 0) is 38.6 Å². The molecule has 0 saturated carbocycles. The van der Waals surface area contributed by atoms with E-state index in [0.717, 1.165) is 58.0 Å². The van der Waals surface area contributed by atoms with Gasteiger partial charge in [0.1, 0.15) is 0 Å². The summed E-state index contributed by atoms with van der Waals surface area (Å²) in [4.78, 5) is 14.5. The number of nitrogens with one attached hydrogen (secondary N) is 2.